The monoisotopic (exact) mass is 260 g/mol. The first kappa shape index (κ1) is 14.3. The van der Waals surface area contributed by atoms with Crippen LogP contribution in [0.5, 0.6) is 0 Å². The molecule has 0 aliphatic carbocycles. The number of nitrogens with one attached hydrogen (secondary N) is 1. The summed E-state index contributed by atoms with van der Waals surface area (Å²) in [5.41, 5.74) is 0. The highest BCUT2D eigenvalue weighted by Gasteiger charge is 2.27. The first-order chi connectivity index (χ1) is 8.04. The second kappa shape index (κ2) is 6.86. The fourth-order valence-corrected chi connectivity index (χ4v) is 2.92. The van der Waals surface area contributed by atoms with Crippen LogP contribution >= 0.6 is 11.8 Å². The summed E-state index contributed by atoms with van der Waals surface area (Å²) in [7, 11) is 1.34. The maximum atomic E-state index is 11.6. The second-order valence-electron chi connectivity index (χ2n) is 4.20. The first-order valence-corrected chi connectivity index (χ1v) is 6.86. The quantitative estimate of drug-likeness (QED) is 0.727. The van der Waals surface area contributed by atoms with Crippen LogP contribution in [0.1, 0.15) is 13.8 Å². The lowest BCUT2D eigenvalue weighted by Crippen LogP contribution is -2.52. The molecule has 0 saturated carbocycles. The minimum atomic E-state index is -0.567. The number of amides is 1. The van der Waals surface area contributed by atoms with Crippen molar-refractivity contribution in [2.45, 2.75) is 25.9 Å². The molecule has 0 bridgehead atoms. The molecule has 0 spiro atoms. The first-order valence-electron chi connectivity index (χ1n) is 5.71. The Morgan fingerprint density at radius 1 is 1.59 bits per heavy atom. The van der Waals surface area contributed by atoms with Crippen molar-refractivity contribution in [3.05, 3.63) is 0 Å². The van der Waals surface area contributed by atoms with Crippen LogP contribution in [0.4, 0.5) is 0 Å². The molecule has 6 heteroatoms. The lowest BCUT2D eigenvalue weighted by Gasteiger charge is -2.34. The molecule has 0 radical (unpaired) electrons. The van der Waals surface area contributed by atoms with Crippen molar-refractivity contribution in [2.75, 3.05) is 31.7 Å². The smallest absolute Gasteiger partial charge is 0.329 e. The Balaban J connectivity index is 2.57. The minimum Gasteiger partial charge on any atom is -0.467 e. The van der Waals surface area contributed by atoms with Gasteiger partial charge < -0.3 is 10.1 Å². The molecule has 1 aliphatic rings. The van der Waals surface area contributed by atoms with Gasteiger partial charge in [-0.2, -0.15) is 11.8 Å². The van der Waals surface area contributed by atoms with Crippen LogP contribution in [-0.2, 0) is 14.3 Å². The summed E-state index contributed by atoms with van der Waals surface area (Å²) in [6.45, 7) is 5.01. The van der Waals surface area contributed by atoms with Gasteiger partial charge in [0.2, 0.25) is 5.91 Å². The predicted octanol–water partition coefficient (Wildman–Crippen LogP) is 0.101. The van der Waals surface area contributed by atoms with Crippen LogP contribution in [0.15, 0.2) is 0 Å². The van der Waals surface area contributed by atoms with Crippen molar-refractivity contribution in [3.63, 3.8) is 0 Å². The van der Waals surface area contributed by atoms with Crippen LogP contribution < -0.4 is 5.32 Å². The largest absolute Gasteiger partial charge is 0.467 e. The fourth-order valence-electron chi connectivity index (χ4n) is 1.83. The maximum Gasteiger partial charge on any atom is 0.329 e. The van der Waals surface area contributed by atoms with Crippen LogP contribution in [0, 0.1) is 0 Å². The van der Waals surface area contributed by atoms with E-state index >= 15 is 0 Å². The third-order valence-electron chi connectivity index (χ3n) is 2.79. The molecule has 1 heterocycles. The lowest BCUT2D eigenvalue weighted by atomic mass is 10.2. The third-order valence-corrected chi connectivity index (χ3v) is 3.97. The molecule has 1 rings (SSSR count). The fraction of sp³-hybridized carbons (Fsp3) is 0.818. The number of rotatable bonds is 4. The van der Waals surface area contributed by atoms with Gasteiger partial charge in [-0.05, 0) is 6.92 Å². The Labute approximate surface area is 106 Å². The number of thioether (sulfide) groups is 1. The molecule has 5 nitrogen and oxygen atoms in total. The van der Waals surface area contributed by atoms with Gasteiger partial charge in [-0.3, -0.25) is 9.69 Å². The van der Waals surface area contributed by atoms with Gasteiger partial charge in [-0.1, -0.05) is 0 Å². The van der Waals surface area contributed by atoms with E-state index in [1.54, 1.807) is 0 Å². The van der Waals surface area contributed by atoms with Crippen LogP contribution in [0.25, 0.3) is 0 Å². The molecule has 1 saturated heterocycles. The van der Waals surface area contributed by atoms with Crippen molar-refractivity contribution in [2.24, 2.45) is 0 Å². The van der Waals surface area contributed by atoms with Gasteiger partial charge in [-0.25, -0.2) is 4.79 Å². The average molecular weight is 260 g/mol. The maximum absolute atomic E-state index is 11.6. The summed E-state index contributed by atoms with van der Waals surface area (Å²) in [6.07, 6.45) is 0. The van der Waals surface area contributed by atoms with Gasteiger partial charge in [0.15, 0.2) is 0 Å². The van der Waals surface area contributed by atoms with E-state index in [1.807, 2.05) is 11.8 Å². The molecule has 0 aromatic rings. The van der Waals surface area contributed by atoms with Gasteiger partial charge in [0.1, 0.15) is 6.04 Å². The SMILES string of the molecule is COC(=O)C(CN1CCSCC1C)NC(C)=O. The Morgan fingerprint density at radius 3 is 2.82 bits per heavy atom. The summed E-state index contributed by atoms with van der Waals surface area (Å²) in [5.74, 6) is 1.54. The summed E-state index contributed by atoms with van der Waals surface area (Å²) in [6, 6.07) is -0.141. The Morgan fingerprint density at radius 2 is 2.29 bits per heavy atom. The van der Waals surface area contributed by atoms with Crippen molar-refractivity contribution in [1.82, 2.24) is 10.2 Å². The molecule has 1 fully saturated rings. The van der Waals surface area contributed by atoms with E-state index in [0.717, 1.165) is 18.1 Å². The highest BCUT2D eigenvalue weighted by atomic mass is 32.2. The molecule has 0 aromatic heterocycles. The van der Waals surface area contributed by atoms with Crippen LogP contribution in [0.2, 0.25) is 0 Å². The molecule has 98 valence electrons. The molecule has 0 aromatic carbocycles. The summed E-state index contributed by atoms with van der Waals surface area (Å²) in [5, 5.41) is 2.64. The normalized spacial score (nSPS) is 22.9. The van der Waals surface area contributed by atoms with Gasteiger partial charge in [-0.15, -0.1) is 0 Å². The van der Waals surface area contributed by atoms with Crippen molar-refractivity contribution in [1.29, 1.82) is 0 Å². The molecule has 1 N–H and O–H groups in total. The van der Waals surface area contributed by atoms with E-state index in [4.69, 9.17) is 4.74 Å². The zero-order chi connectivity index (χ0) is 12.8. The van der Waals surface area contributed by atoms with Gasteiger partial charge in [0, 0.05) is 37.6 Å². The summed E-state index contributed by atoms with van der Waals surface area (Å²) in [4.78, 5) is 24.8. The molecule has 1 amide bonds. The molecule has 1 aliphatic heterocycles. The van der Waals surface area contributed by atoms with Crippen LogP contribution in [0.3, 0.4) is 0 Å². The van der Waals surface area contributed by atoms with E-state index < -0.39 is 6.04 Å². The standard InChI is InChI=1S/C11H20N2O3S/c1-8-7-17-5-4-13(8)6-10(11(15)16-3)12-9(2)14/h8,10H,4-7H2,1-3H3,(H,12,14). The van der Waals surface area contributed by atoms with E-state index in [9.17, 15) is 9.59 Å². The molecule has 2 atom stereocenters. The van der Waals surface area contributed by atoms with E-state index in [1.165, 1.54) is 14.0 Å². The second-order valence-corrected chi connectivity index (χ2v) is 5.34. The number of hydrogen-bond donors (Lipinski definition) is 1. The summed E-state index contributed by atoms with van der Waals surface area (Å²) >= 11 is 1.92. The molecule has 17 heavy (non-hydrogen) atoms. The van der Waals surface area contributed by atoms with E-state index in [-0.39, 0.29) is 11.9 Å². The zero-order valence-electron chi connectivity index (χ0n) is 10.6. The number of esters is 1. The van der Waals surface area contributed by atoms with Crippen molar-refractivity contribution in [3.8, 4) is 0 Å². The summed E-state index contributed by atoms with van der Waals surface area (Å²) < 4.78 is 4.70. The Bertz CT molecular complexity index is 286. The van der Waals surface area contributed by atoms with E-state index in [2.05, 4.69) is 17.1 Å². The highest BCUT2D eigenvalue weighted by molar-refractivity contribution is 7.99. The number of nitrogens with zero attached hydrogens (tertiary/aromatic N) is 1. The number of hydrogen-bond acceptors (Lipinski definition) is 5. The predicted molar refractivity (Wildman–Crippen MR) is 68.0 cm³/mol. The van der Waals surface area contributed by atoms with Crippen molar-refractivity contribution < 1.29 is 14.3 Å². The molecule has 2 unspecified atom stereocenters. The average Bonchev–Trinajstić information content (AvgIpc) is 2.29. The molecular weight excluding hydrogens is 240 g/mol. The number of ether oxygens (including phenoxy) is 1. The molecular formula is C11H20N2O3S. The number of carbonyl (C=O) groups excluding carboxylic acids is 2. The highest BCUT2D eigenvalue weighted by Crippen LogP contribution is 2.16. The van der Waals surface area contributed by atoms with Crippen LogP contribution in [-0.4, -0.2) is 60.6 Å². The van der Waals surface area contributed by atoms with Gasteiger partial charge in [0.05, 0.1) is 7.11 Å². The van der Waals surface area contributed by atoms with Crippen molar-refractivity contribution >= 4 is 23.6 Å². The Kier molecular flexibility index (Phi) is 5.77. The zero-order valence-corrected chi connectivity index (χ0v) is 11.4. The number of methoxy groups -OCH3 is 1. The lowest BCUT2D eigenvalue weighted by molar-refractivity contribution is -0.145. The van der Waals surface area contributed by atoms with Gasteiger partial charge in [0.25, 0.3) is 0 Å². The van der Waals surface area contributed by atoms with Gasteiger partial charge >= 0.3 is 5.97 Å². The minimum absolute atomic E-state index is 0.209. The Hall–Kier alpha value is -0.750. The topological polar surface area (TPSA) is 58.6 Å². The number of carbonyl (C=O) groups is 2. The van der Waals surface area contributed by atoms with E-state index in [0.29, 0.717) is 12.6 Å². The third kappa shape index (κ3) is 4.55.